The van der Waals surface area contributed by atoms with Crippen LogP contribution in [0.4, 0.5) is 5.69 Å². The van der Waals surface area contributed by atoms with Crippen molar-refractivity contribution in [1.29, 1.82) is 0 Å². The van der Waals surface area contributed by atoms with Gasteiger partial charge < -0.3 is 4.84 Å². The summed E-state index contributed by atoms with van der Waals surface area (Å²) >= 11 is 0. The predicted molar refractivity (Wildman–Crippen MR) is 126 cm³/mol. The summed E-state index contributed by atoms with van der Waals surface area (Å²) in [4.78, 5) is 11.1. The molecule has 0 spiro atoms. The SMILES string of the molecule is Cc1cc(C)c(/N=C/c2cc(C(C)(C)C)cc(C(C)(C)C)c2ON(C)C)c(C)c1. The van der Waals surface area contributed by atoms with E-state index in [9.17, 15) is 0 Å². The van der Waals surface area contributed by atoms with E-state index >= 15 is 0 Å². The number of nitrogens with zero attached hydrogens (tertiary/aromatic N) is 2. The highest BCUT2D eigenvalue weighted by Gasteiger charge is 2.26. The van der Waals surface area contributed by atoms with Crippen molar-refractivity contribution < 1.29 is 4.84 Å². The highest BCUT2D eigenvalue weighted by atomic mass is 16.7. The van der Waals surface area contributed by atoms with Crippen molar-refractivity contribution in [2.24, 2.45) is 4.99 Å². The number of rotatable bonds is 4. The van der Waals surface area contributed by atoms with Crippen LogP contribution in [0.1, 0.15) is 74.9 Å². The summed E-state index contributed by atoms with van der Waals surface area (Å²) in [5.41, 5.74) is 8.15. The standard InChI is InChI=1S/C26H38N2O/c1-17-12-18(2)23(19(3)13-17)27-16-20-14-21(25(4,5)6)15-22(26(7,8)9)24(20)29-28(10)11/h12-16H,1-11H3/b27-16+. The quantitative estimate of drug-likeness (QED) is 0.420. The maximum Gasteiger partial charge on any atom is 0.159 e. The minimum absolute atomic E-state index is 0.0366. The molecule has 0 aliphatic carbocycles. The van der Waals surface area contributed by atoms with Gasteiger partial charge in [-0.25, -0.2) is 0 Å². The van der Waals surface area contributed by atoms with E-state index in [-0.39, 0.29) is 10.8 Å². The molecule has 0 aliphatic heterocycles. The van der Waals surface area contributed by atoms with E-state index in [1.807, 2.05) is 20.3 Å². The van der Waals surface area contributed by atoms with Gasteiger partial charge in [0.25, 0.3) is 0 Å². The smallest absolute Gasteiger partial charge is 0.159 e. The number of hydrogen-bond donors (Lipinski definition) is 0. The molecule has 0 saturated carbocycles. The van der Waals surface area contributed by atoms with E-state index < -0.39 is 0 Å². The lowest BCUT2D eigenvalue weighted by Gasteiger charge is -2.29. The second kappa shape index (κ2) is 8.31. The van der Waals surface area contributed by atoms with Gasteiger partial charge in [0.2, 0.25) is 0 Å². The largest absolute Gasteiger partial charge is 0.406 e. The molecule has 3 nitrogen and oxygen atoms in total. The molecular weight excluding hydrogens is 356 g/mol. The molecule has 0 bridgehead atoms. The van der Waals surface area contributed by atoms with Crippen LogP contribution in [0.2, 0.25) is 0 Å². The van der Waals surface area contributed by atoms with Crippen LogP contribution in [-0.4, -0.2) is 25.4 Å². The predicted octanol–water partition coefficient (Wildman–Crippen LogP) is 6.81. The highest BCUT2D eigenvalue weighted by molar-refractivity contribution is 5.87. The number of benzene rings is 2. The zero-order valence-corrected chi connectivity index (χ0v) is 20.2. The molecule has 2 aromatic rings. The summed E-state index contributed by atoms with van der Waals surface area (Å²) < 4.78 is 0. The third-order valence-corrected chi connectivity index (χ3v) is 5.03. The summed E-state index contributed by atoms with van der Waals surface area (Å²) in [5.74, 6) is 0.877. The fourth-order valence-electron chi connectivity index (χ4n) is 3.53. The van der Waals surface area contributed by atoms with Gasteiger partial charge in [-0.05, 0) is 54.4 Å². The minimum Gasteiger partial charge on any atom is -0.406 e. The van der Waals surface area contributed by atoms with E-state index in [4.69, 9.17) is 9.83 Å². The molecule has 29 heavy (non-hydrogen) atoms. The maximum absolute atomic E-state index is 6.18. The van der Waals surface area contributed by atoms with Crippen molar-refractivity contribution in [2.75, 3.05) is 14.1 Å². The molecule has 0 saturated heterocycles. The molecule has 0 amide bonds. The number of aliphatic imine (C=N–C) groups is 1. The first-order valence-corrected chi connectivity index (χ1v) is 10.4. The van der Waals surface area contributed by atoms with Crippen molar-refractivity contribution in [3.05, 3.63) is 57.6 Å². The van der Waals surface area contributed by atoms with Crippen molar-refractivity contribution >= 4 is 11.9 Å². The van der Waals surface area contributed by atoms with E-state index in [0.29, 0.717) is 0 Å². The van der Waals surface area contributed by atoms with Crippen LogP contribution < -0.4 is 4.84 Å². The Morgan fingerprint density at radius 1 is 0.828 bits per heavy atom. The third kappa shape index (κ3) is 5.70. The molecule has 3 heteroatoms. The van der Waals surface area contributed by atoms with Crippen LogP contribution >= 0.6 is 0 Å². The van der Waals surface area contributed by atoms with Gasteiger partial charge in [-0.2, -0.15) is 5.06 Å². The Morgan fingerprint density at radius 2 is 1.38 bits per heavy atom. The molecule has 0 unspecified atom stereocenters. The molecular formula is C26H38N2O. The van der Waals surface area contributed by atoms with Crippen LogP contribution in [0.25, 0.3) is 0 Å². The zero-order valence-electron chi connectivity index (χ0n) is 20.2. The molecule has 0 aliphatic rings. The number of hydrogen-bond acceptors (Lipinski definition) is 3. The Kier molecular flexibility index (Phi) is 6.64. The van der Waals surface area contributed by atoms with Crippen molar-refractivity contribution in [3.63, 3.8) is 0 Å². The Morgan fingerprint density at radius 3 is 1.83 bits per heavy atom. The average molecular weight is 395 g/mol. The monoisotopic (exact) mass is 394 g/mol. The molecule has 158 valence electrons. The summed E-state index contributed by atoms with van der Waals surface area (Å²) in [6.07, 6.45) is 1.97. The van der Waals surface area contributed by atoms with Crippen LogP contribution in [0.15, 0.2) is 29.3 Å². The van der Waals surface area contributed by atoms with Gasteiger partial charge in [-0.15, -0.1) is 0 Å². The second-order valence-corrected chi connectivity index (χ2v) is 10.4. The summed E-state index contributed by atoms with van der Waals surface area (Å²) in [7, 11) is 3.83. The zero-order chi connectivity index (χ0) is 22.1. The van der Waals surface area contributed by atoms with E-state index in [1.54, 1.807) is 5.06 Å². The topological polar surface area (TPSA) is 24.8 Å². The normalized spacial score (nSPS) is 12.8. The Labute approximate surface area is 177 Å². The van der Waals surface area contributed by atoms with Gasteiger partial charge in [0.1, 0.15) is 0 Å². The van der Waals surface area contributed by atoms with Crippen molar-refractivity contribution in [2.45, 2.75) is 73.1 Å². The van der Waals surface area contributed by atoms with Crippen molar-refractivity contribution in [1.82, 2.24) is 5.06 Å². The highest BCUT2D eigenvalue weighted by Crippen LogP contribution is 2.38. The summed E-state index contributed by atoms with van der Waals surface area (Å²) in [5, 5.41) is 1.75. The number of hydroxylamine groups is 2. The lowest BCUT2D eigenvalue weighted by Crippen LogP contribution is -2.23. The van der Waals surface area contributed by atoms with Crippen LogP contribution in [0.5, 0.6) is 5.75 Å². The van der Waals surface area contributed by atoms with Crippen LogP contribution in [0.3, 0.4) is 0 Å². The van der Waals surface area contributed by atoms with Gasteiger partial charge in [-0.1, -0.05) is 65.3 Å². The van der Waals surface area contributed by atoms with Gasteiger partial charge in [-0.3, -0.25) is 4.99 Å². The Bertz CT molecular complexity index is 887. The molecule has 0 heterocycles. The average Bonchev–Trinajstić information content (AvgIpc) is 2.52. The third-order valence-electron chi connectivity index (χ3n) is 5.03. The van der Waals surface area contributed by atoms with Crippen LogP contribution in [-0.2, 0) is 10.8 Å². The molecule has 2 rings (SSSR count). The maximum atomic E-state index is 6.18. The van der Waals surface area contributed by atoms with Gasteiger partial charge in [0.05, 0.1) is 5.69 Å². The van der Waals surface area contributed by atoms with Gasteiger partial charge in [0, 0.05) is 31.4 Å². The molecule has 0 atom stereocenters. The Hall–Kier alpha value is -2.13. The van der Waals surface area contributed by atoms with E-state index in [1.165, 1.54) is 27.8 Å². The van der Waals surface area contributed by atoms with Crippen molar-refractivity contribution in [3.8, 4) is 5.75 Å². The first kappa shape index (κ1) is 23.2. The molecule has 0 N–H and O–H groups in total. The Balaban J connectivity index is 2.74. The lowest BCUT2D eigenvalue weighted by atomic mass is 9.79. The summed E-state index contributed by atoms with van der Waals surface area (Å²) in [6.45, 7) is 19.8. The minimum atomic E-state index is -0.0507. The molecule has 0 aromatic heterocycles. The second-order valence-electron chi connectivity index (χ2n) is 10.4. The summed E-state index contributed by atoms with van der Waals surface area (Å²) in [6, 6.07) is 8.88. The molecule has 2 aromatic carbocycles. The van der Waals surface area contributed by atoms with E-state index in [2.05, 4.69) is 86.6 Å². The fraction of sp³-hybridized carbons (Fsp3) is 0.500. The molecule has 0 fully saturated rings. The van der Waals surface area contributed by atoms with Gasteiger partial charge >= 0.3 is 0 Å². The molecule has 0 radical (unpaired) electrons. The van der Waals surface area contributed by atoms with Crippen LogP contribution in [0, 0.1) is 20.8 Å². The first-order chi connectivity index (χ1) is 13.2. The van der Waals surface area contributed by atoms with Gasteiger partial charge in [0.15, 0.2) is 5.75 Å². The first-order valence-electron chi connectivity index (χ1n) is 10.4. The fourth-order valence-corrected chi connectivity index (χ4v) is 3.53. The number of aryl methyl sites for hydroxylation is 3. The van der Waals surface area contributed by atoms with E-state index in [0.717, 1.165) is 17.0 Å². The lowest BCUT2D eigenvalue weighted by molar-refractivity contribution is -0.00532.